The van der Waals surface area contributed by atoms with Crippen LogP contribution in [0.3, 0.4) is 0 Å². The first kappa shape index (κ1) is 22.6. The molecule has 0 aliphatic heterocycles. The minimum absolute atomic E-state index is 0.0516. The van der Waals surface area contributed by atoms with E-state index in [4.69, 9.17) is 9.47 Å². The lowest BCUT2D eigenvalue weighted by Gasteiger charge is -2.18. The number of tetrazole rings is 1. The monoisotopic (exact) mass is 437 g/mol. The second-order valence-electron chi connectivity index (χ2n) is 6.96. The summed E-state index contributed by atoms with van der Waals surface area (Å²) in [6.07, 6.45) is -0.581. The highest BCUT2D eigenvalue weighted by atomic mass is 16.5. The fourth-order valence-electron chi connectivity index (χ4n) is 3.01. The standard InChI is InChI=1S/C22H23N5O5/c1-15(21(29)31-2)27-20(24-25-26-27)19(28)18(13-16-9-5-3-6-10-16)23-22(30)32-14-17-11-7-4-8-12-17/h3-12,15,18H,13-14H2,1-2H3,(H,23,30)/t15-,18-/m0/s1. The van der Waals surface area contributed by atoms with E-state index in [0.717, 1.165) is 15.8 Å². The number of ether oxygens (including phenoxy) is 2. The van der Waals surface area contributed by atoms with Gasteiger partial charge in [-0.25, -0.2) is 14.3 Å². The number of aromatic nitrogens is 4. The summed E-state index contributed by atoms with van der Waals surface area (Å²) >= 11 is 0. The van der Waals surface area contributed by atoms with Gasteiger partial charge in [0.05, 0.1) is 7.11 Å². The molecule has 1 N–H and O–H groups in total. The van der Waals surface area contributed by atoms with Crippen molar-refractivity contribution < 1.29 is 23.9 Å². The quantitative estimate of drug-likeness (QED) is 0.399. The molecule has 3 aromatic rings. The van der Waals surface area contributed by atoms with Gasteiger partial charge in [-0.15, -0.1) is 5.10 Å². The first-order valence-corrected chi connectivity index (χ1v) is 9.90. The minimum atomic E-state index is -1.02. The number of hydrogen-bond acceptors (Lipinski definition) is 8. The summed E-state index contributed by atoms with van der Waals surface area (Å²) in [5.74, 6) is -1.35. The fourth-order valence-corrected chi connectivity index (χ4v) is 3.01. The molecule has 1 heterocycles. The number of carbonyl (C=O) groups is 3. The van der Waals surface area contributed by atoms with Gasteiger partial charge >= 0.3 is 12.1 Å². The van der Waals surface area contributed by atoms with E-state index in [9.17, 15) is 14.4 Å². The average Bonchev–Trinajstić information content (AvgIpc) is 3.32. The average molecular weight is 437 g/mol. The largest absolute Gasteiger partial charge is 0.467 e. The highest BCUT2D eigenvalue weighted by molar-refractivity contribution is 5.99. The Morgan fingerprint density at radius 2 is 1.62 bits per heavy atom. The summed E-state index contributed by atoms with van der Waals surface area (Å²) in [5.41, 5.74) is 1.62. The van der Waals surface area contributed by atoms with E-state index < -0.39 is 29.9 Å². The summed E-state index contributed by atoms with van der Waals surface area (Å²) in [5, 5.41) is 13.6. The number of alkyl carbamates (subject to hydrolysis) is 1. The van der Waals surface area contributed by atoms with Crippen molar-refractivity contribution in [3.05, 3.63) is 77.6 Å². The van der Waals surface area contributed by atoms with E-state index in [0.29, 0.717) is 0 Å². The van der Waals surface area contributed by atoms with Gasteiger partial charge in [-0.2, -0.15) is 0 Å². The number of ketones is 1. The number of rotatable bonds is 9. The van der Waals surface area contributed by atoms with E-state index in [-0.39, 0.29) is 18.9 Å². The molecule has 0 aliphatic rings. The van der Waals surface area contributed by atoms with Crippen LogP contribution >= 0.6 is 0 Å². The molecule has 0 saturated heterocycles. The second kappa shape index (κ2) is 10.8. The predicted molar refractivity (Wildman–Crippen MR) is 113 cm³/mol. The molecule has 3 rings (SSSR count). The molecule has 2 aromatic carbocycles. The van der Waals surface area contributed by atoms with Crippen molar-refractivity contribution in [1.82, 2.24) is 25.5 Å². The third kappa shape index (κ3) is 5.75. The highest BCUT2D eigenvalue weighted by Crippen LogP contribution is 2.13. The van der Waals surface area contributed by atoms with Crippen LogP contribution in [0.15, 0.2) is 60.7 Å². The van der Waals surface area contributed by atoms with Gasteiger partial charge in [0, 0.05) is 6.42 Å². The minimum Gasteiger partial charge on any atom is -0.467 e. The summed E-state index contributed by atoms with van der Waals surface area (Å²) in [7, 11) is 1.23. The molecule has 1 aromatic heterocycles. The highest BCUT2D eigenvalue weighted by Gasteiger charge is 2.31. The number of Topliss-reactive ketones (excluding diaryl/α,β-unsaturated/α-hetero) is 1. The van der Waals surface area contributed by atoms with Crippen molar-refractivity contribution in [2.75, 3.05) is 7.11 Å². The van der Waals surface area contributed by atoms with Gasteiger partial charge in [0.1, 0.15) is 12.6 Å². The van der Waals surface area contributed by atoms with Crippen molar-refractivity contribution in [3.8, 4) is 0 Å². The Morgan fingerprint density at radius 3 is 2.25 bits per heavy atom. The molecule has 32 heavy (non-hydrogen) atoms. The van der Waals surface area contributed by atoms with Crippen LogP contribution in [0.1, 0.15) is 34.7 Å². The molecular weight excluding hydrogens is 414 g/mol. The van der Waals surface area contributed by atoms with E-state index in [1.807, 2.05) is 60.7 Å². The molecule has 0 aliphatic carbocycles. The molecule has 1 amide bonds. The van der Waals surface area contributed by atoms with Gasteiger partial charge in [-0.1, -0.05) is 60.7 Å². The zero-order valence-electron chi connectivity index (χ0n) is 17.7. The molecular formula is C22H23N5O5. The summed E-state index contributed by atoms with van der Waals surface area (Å²) in [4.78, 5) is 37.6. The van der Waals surface area contributed by atoms with Gasteiger partial charge in [0.25, 0.3) is 0 Å². The van der Waals surface area contributed by atoms with E-state index in [2.05, 4.69) is 20.8 Å². The number of esters is 1. The van der Waals surface area contributed by atoms with Crippen LogP contribution < -0.4 is 5.32 Å². The van der Waals surface area contributed by atoms with Gasteiger partial charge in [0.15, 0.2) is 6.04 Å². The topological polar surface area (TPSA) is 125 Å². The third-order valence-electron chi connectivity index (χ3n) is 4.73. The number of amides is 1. The van der Waals surface area contributed by atoms with Crippen LogP contribution in [0.2, 0.25) is 0 Å². The summed E-state index contributed by atoms with van der Waals surface area (Å²) in [6.45, 7) is 1.56. The maximum absolute atomic E-state index is 13.3. The van der Waals surface area contributed by atoms with Gasteiger partial charge in [-0.05, 0) is 28.5 Å². The van der Waals surface area contributed by atoms with Crippen LogP contribution in [0.25, 0.3) is 0 Å². The smallest absolute Gasteiger partial charge is 0.408 e. The molecule has 0 saturated carbocycles. The number of methoxy groups -OCH3 is 1. The normalized spacial score (nSPS) is 12.4. The van der Waals surface area contributed by atoms with Crippen molar-refractivity contribution in [2.45, 2.75) is 32.0 Å². The van der Waals surface area contributed by atoms with Crippen molar-refractivity contribution in [1.29, 1.82) is 0 Å². The third-order valence-corrected chi connectivity index (χ3v) is 4.73. The lowest BCUT2D eigenvalue weighted by atomic mass is 10.0. The Kier molecular flexibility index (Phi) is 7.63. The Morgan fingerprint density at radius 1 is 1.00 bits per heavy atom. The lowest BCUT2D eigenvalue weighted by Crippen LogP contribution is -2.44. The Bertz CT molecular complexity index is 1050. The van der Waals surface area contributed by atoms with E-state index in [1.54, 1.807) is 0 Å². The lowest BCUT2D eigenvalue weighted by molar-refractivity contribution is -0.144. The number of nitrogens with zero attached hydrogens (tertiary/aromatic N) is 4. The number of hydrogen-bond donors (Lipinski definition) is 1. The molecule has 0 spiro atoms. The number of nitrogens with one attached hydrogen (secondary N) is 1. The SMILES string of the molecule is COC(=O)[C@H](C)n1nnnc1C(=O)[C@H](Cc1ccccc1)NC(=O)OCc1ccccc1. The molecule has 10 heteroatoms. The van der Waals surface area contributed by atoms with E-state index >= 15 is 0 Å². The summed E-state index contributed by atoms with van der Waals surface area (Å²) in [6, 6.07) is 16.4. The second-order valence-corrected chi connectivity index (χ2v) is 6.96. The zero-order chi connectivity index (χ0) is 22.9. The van der Waals surface area contributed by atoms with Gasteiger partial charge in [0.2, 0.25) is 11.6 Å². The zero-order valence-corrected chi connectivity index (χ0v) is 17.7. The van der Waals surface area contributed by atoms with Crippen LogP contribution in [0.4, 0.5) is 4.79 Å². The Labute approximate surface area is 184 Å². The number of benzene rings is 2. The van der Waals surface area contributed by atoms with Gasteiger partial charge in [-0.3, -0.25) is 4.79 Å². The molecule has 2 atom stereocenters. The van der Waals surface area contributed by atoms with Crippen LogP contribution in [-0.4, -0.2) is 51.2 Å². The molecule has 0 fully saturated rings. The molecule has 0 radical (unpaired) electrons. The maximum Gasteiger partial charge on any atom is 0.408 e. The van der Waals surface area contributed by atoms with E-state index in [1.165, 1.54) is 14.0 Å². The molecule has 0 unspecified atom stereocenters. The van der Waals surface area contributed by atoms with Crippen LogP contribution in [-0.2, 0) is 27.3 Å². The Hall–Kier alpha value is -4.08. The molecule has 0 bridgehead atoms. The molecule has 166 valence electrons. The Balaban J connectivity index is 1.78. The van der Waals surface area contributed by atoms with Crippen molar-refractivity contribution in [3.63, 3.8) is 0 Å². The first-order chi connectivity index (χ1) is 15.5. The van der Waals surface area contributed by atoms with Gasteiger partial charge < -0.3 is 14.8 Å². The fraction of sp³-hybridized carbons (Fsp3) is 0.273. The maximum atomic E-state index is 13.3. The first-order valence-electron chi connectivity index (χ1n) is 9.90. The van der Waals surface area contributed by atoms with Crippen molar-refractivity contribution in [2.24, 2.45) is 0 Å². The van der Waals surface area contributed by atoms with Crippen molar-refractivity contribution >= 4 is 17.8 Å². The predicted octanol–water partition coefficient (Wildman–Crippen LogP) is 2.13. The van der Waals surface area contributed by atoms with Crippen LogP contribution in [0.5, 0.6) is 0 Å². The number of carbonyl (C=O) groups excluding carboxylic acids is 3. The van der Waals surface area contributed by atoms with Crippen LogP contribution in [0, 0.1) is 0 Å². The molecule has 10 nitrogen and oxygen atoms in total. The summed E-state index contributed by atoms with van der Waals surface area (Å²) < 4.78 is 11.0.